The van der Waals surface area contributed by atoms with Crippen LogP contribution in [0.15, 0.2) is 48.5 Å². The Morgan fingerprint density at radius 3 is 2.16 bits per heavy atom. The van der Waals surface area contributed by atoms with Crippen LogP contribution in [0, 0.1) is 17.8 Å². The molecule has 3 heteroatoms. The fourth-order valence-electron chi connectivity index (χ4n) is 2.91. The maximum atomic E-state index is 8.62. The number of hydrogen-bond acceptors (Lipinski definition) is 1. The number of benzene rings is 2. The van der Waals surface area contributed by atoms with Crippen molar-refractivity contribution in [3.05, 3.63) is 59.7 Å². The van der Waals surface area contributed by atoms with Gasteiger partial charge in [0.15, 0.2) is 0 Å². The number of hydrogen-bond donors (Lipinski definition) is 2. The van der Waals surface area contributed by atoms with E-state index in [1.807, 2.05) is 41.3 Å². The summed E-state index contributed by atoms with van der Waals surface area (Å²) < 4.78 is 0. The highest BCUT2D eigenvalue weighted by atomic mass is 15.3. The third-order valence-electron chi connectivity index (χ3n) is 4.20. The fraction of sp³-hybridized carbons (Fsp3) is 0.318. The zero-order chi connectivity index (χ0) is 18.4. The molecular weight excluding hydrogens is 306 g/mol. The molecule has 0 aliphatic heterocycles. The second-order valence-electron chi connectivity index (χ2n) is 6.72. The molecule has 0 saturated heterocycles. The van der Waals surface area contributed by atoms with Crippen LogP contribution in [0.25, 0.3) is 0 Å². The van der Waals surface area contributed by atoms with Crippen LogP contribution in [0.1, 0.15) is 50.7 Å². The van der Waals surface area contributed by atoms with Gasteiger partial charge in [0.1, 0.15) is 0 Å². The molecule has 0 radical (unpaired) electrons. The predicted octanol–water partition coefficient (Wildman–Crippen LogP) is 5.42. The fourth-order valence-corrected chi connectivity index (χ4v) is 2.91. The number of terminal acetylenes is 1. The molecule has 25 heavy (non-hydrogen) atoms. The first kappa shape index (κ1) is 18.6. The highest BCUT2D eigenvalue weighted by Gasteiger charge is 2.17. The molecule has 0 heterocycles. The van der Waals surface area contributed by atoms with Crippen LogP contribution in [0.5, 0.6) is 0 Å². The minimum Gasteiger partial charge on any atom is -0.326 e. The van der Waals surface area contributed by atoms with E-state index in [1.54, 1.807) is 0 Å². The summed E-state index contributed by atoms with van der Waals surface area (Å²) in [5, 5.41) is 11.9. The second-order valence-corrected chi connectivity index (χ2v) is 6.72. The number of anilines is 2. The lowest BCUT2D eigenvalue weighted by Crippen LogP contribution is -2.37. The Balaban J connectivity index is 2.36. The SMILES string of the molecule is C#CCN(C(=N)Nc1ccccc1C(C)C)c1ccccc1C(C)C. The van der Waals surface area contributed by atoms with Crippen molar-refractivity contribution in [1.82, 2.24) is 0 Å². The predicted molar refractivity (Wildman–Crippen MR) is 109 cm³/mol. The van der Waals surface area contributed by atoms with E-state index < -0.39 is 0 Å². The average Bonchev–Trinajstić information content (AvgIpc) is 2.59. The van der Waals surface area contributed by atoms with Crippen molar-refractivity contribution < 1.29 is 0 Å². The molecule has 0 bridgehead atoms. The number of para-hydroxylation sites is 2. The topological polar surface area (TPSA) is 39.1 Å². The van der Waals surface area contributed by atoms with Gasteiger partial charge < -0.3 is 10.2 Å². The van der Waals surface area contributed by atoms with Gasteiger partial charge >= 0.3 is 0 Å². The van der Waals surface area contributed by atoms with Crippen LogP contribution in [-0.2, 0) is 0 Å². The highest BCUT2D eigenvalue weighted by Crippen LogP contribution is 2.29. The Morgan fingerprint density at radius 2 is 1.56 bits per heavy atom. The number of nitrogens with zero attached hydrogens (tertiary/aromatic N) is 1. The van der Waals surface area contributed by atoms with Gasteiger partial charge in [-0.2, -0.15) is 0 Å². The van der Waals surface area contributed by atoms with Gasteiger partial charge in [0, 0.05) is 11.4 Å². The van der Waals surface area contributed by atoms with Crippen LogP contribution in [0.2, 0.25) is 0 Å². The monoisotopic (exact) mass is 333 g/mol. The van der Waals surface area contributed by atoms with E-state index in [9.17, 15) is 0 Å². The molecule has 0 aliphatic carbocycles. The summed E-state index contributed by atoms with van der Waals surface area (Å²) >= 11 is 0. The number of rotatable bonds is 5. The third-order valence-corrected chi connectivity index (χ3v) is 4.20. The summed E-state index contributed by atoms with van der Waals surface area (Å²) in [7, 11) is 0. The molecule has 130 valence electrons. The number of guanidine groups is 1. The molecule has 0 fully saturated rings. The lowest BCUT2D eigenvalue weighted by atomic mass is 10.00. The molecule has 0 aliphatic rings. The molecule has 3 nitrogen and oxygen atoms in total. The van der Waals surface area contributed by atoms with E-state index in [-0.39, 0.29) is 0 Å². The van der Waals surface area contributed by atoms with Crippen molar-refractivity contribution in [2.45, 2.75) is 39.5 Å². The van der Waals surface area contributed by atoms with E-state index >= 15 is 0 Å². The Kier molecular flexibility index (Phi) is 6.25. The van der Waals surface area contributed by atoms with E-state index in [4.69, 9.17) is 11.8 Å². The standard InChI is InChI=1S/C22H27N3/c1-6-15-25(21-14-10-8-12-19(21)17(4)5)22(23)24-20-13-9-7-11-18(20)16(2)3/h1,7-14,16-17H,15H2,2-5H3,(H2,23,24). The Labute approximate surface area is 151 Å². The van der Waals surface area contributed by atoms with E-state index in [2.05, 4.69) is 51.1 Å². The molecule has 2 aromatic rings. The molecule has 0 amide bonds. The molecule has 2 aromatic carbocycles. The van der Waals surface area contributed by atoms with Gasteiger partial charge in [-0.3, -0.25) is 5.41 Å². The molecule has 0 unspecified atom stereocenters. The van der Waals surface area contributed by atoms with Gasteiger partial charge in [-0.15, -0.1) is 6.42 Å². The van der Waals surface area contributed by atoms with Gasteiger partial charge in [0.2, 0.25) is 5.96 Å². The highest BCUT2D eigenvalue weighted by molar-refractivity contribution is 6.04. The maximum Gasteiger partial charge on any atom is 0.201 e. The van der Waals surface area contributed by atoms with Crippen molar-refractivity contribution in [2.24, 2.45) is 0 Å². The van der Waals surface area contributed by atoms with Gasteiger partial charge in [-0.1, -0.05) is 70.0 Å². The Bertz CT molecular complexity index is 769. The summed E-state index contributed by atoms with van der Waals surface area (Å²) in [6.07, 6.45) is 5.59. The molecule has 0 aromatic heterocycles. The average molecular weight is 333 g/mol. The third kappa shape index (κ3) is 4.42. The van der Waals surface area contributed by atoms with Crippen LogP contribution < -0.4 is 10.2 Å². The van der Waals surface area contributed by atoms with Gasteiger partial charge in [-0.25, -0.2) is 0 Å². The van der Waals surface area contributed by atoms with Crippen molar-refractivity contribution >= 4 is 17.3 Å². The van der Waals surface area contributed by atoms with E-state index in [0.29, 0.717) is 24.3 Å². The van der Waals surface area contributed by atoms with Crippen molar-refractivity contribution in [3.63, 3.8) is 0 Å². The minimum atomic E-state index is 0.291. The van der Waals surface area contributed by atoms with Crippen LogP contribution in [0.4, 0.5) is 11.4 Å². The summed E-state index contributed by atoms with van der Waals surface area (Å²) in [4.78, 5) is 1.85. The largest absolute Gasteiger partial charge is 0.326 e. The van der Waals surface area contributed by atoms with Gasteiger partial charge in [-0.05, 0) is 35.1 Å². The first-order valence-electron chi connectivity index (χ1n) is 8.70. The molecule has 2 rings (SSSR count). The molecule has 2 N–H and O–H groups in total. The normalized spacial score (nSPS) is 10.6. The lowest BCUT2D eigenvalue weighted by Gasteiger charge is -2.28. The van der Waals surface area contributed by atoms with Crippen LogP contribution in [-0.4, -0.2) is 12.5 Å². The van der Waals surface area contributed by atoms with Crippen molar-refractivity contribution in [3.8, 4) is 12.3 Å². The summed E-state index contributed by atoms with van der Waals surface area (Å²) in [5.74, 6) is 3.70. The summed E-state index contributed by atoms with van der Waals surface area (Å²) in [6, 6.07) is 16.2. The summed E-state index contributed by atoms with van der Waals surface area (Å²) in [6.45, 7) is 8.95. The molecular formula is C22H27N3. The molecule has 0 atom stereocenters. The Morgan fingerprint density at radius 1 is 1.00 bits per heavy atom. The van der Waals surface area contributed by atoms with Crippen molar-refractivity contribution in [2.75, 3.05) is 16.8 Å². The van der Waals surface area contributed by atoms with Crippen LogP contribution >= 0.6 is 0 Å². The smallest absolute Gasteiger partial charge is 0.201 e. The lowest BCUT2D eigenvalue weighted by molar-refractivity contribution is 0.860. The zero-order valence-corrected chi connectivity index (χ0v) is 15.5. The minimum absolute atomic E-state index is 0.291. The number of nitrogens with one attached hydrogen (secondary N) is 2. The zero-order valence-electron chi connectivity index (χ0n) is 15.5. The first-order chi connectivity index (χ1) is 12.0. The quantitative estimate of drug-likeness (QED) is 0.436. The first-order valence-corrected chi connectivity index (χ1v) is 8.70. The van der Waals surface area contributed by atoms with Crippen molar-refractivity contribution in [1.29, 1.82) is 5.41 Å². The van der Waals surface area contributed by atoms with Gasteiger partial charge in [0.05, 0.1) is 6.54 Å². The van der Waals surface area contributed by atoms with Crippen LogP contribution in [0.3, 0.4) is 0 Å². The maximum absolute atomic E-state index is 8.62. The van der Waals surface area contributed by atoms with E-state index in [1.165, 1.54) is 11.1 Å². The van der Waals surface area contributed by atoms with Gasteiger partial charge in [0.25, 0.3) is 0 Å². The second kappa shape index (κ2) is 8.39. The molecule has 0 spiro atoms. The van der Waals surface area contributed by atoms with E-state index in [0.717, 1.165) is 11.4 Å². The Hall–Kier alpha value is -2.73. The molecule has 0 saturated carbocycles. The summed E-state index contributed by atoms with van der Waals surface area (Å²) in [5.41, 5.74) is 4.30.